The van der Waals surface area contributed by atoms with Crippen LogP contribution in [0.15, 0.2) is 11.6 Å². The van der Waals surface area contributed by atoms with Crippen molar-refractivity contribution >= 4 is 5.78 Å². The fraction of sp³-hybridized carbons (Fsp3) is 0.850. The van der Waals surface area contributed by atoms with Gasteiger partial charge in [-0.2, -0.15) is 0 Å². The Morgan fingerprint density at radius 2 is 1.90 bits per heavy atom. The van der Waals surface area contributed by atoms with Gasteiger partial charge in [-0.15, -0.1) is 0 Å². The number of ketones is 1. The molecule has 1 nitrogen and oxygen atoms in total. The maximum atomic E-state index is 12.4. The molecule has 21 heavy (non-hydrogen) atoms. The standard InChI is InChI=1S/C20H30O/c1-13-8-10-19(2)14(12-13)4-5-15-16-6-7-18(21)20(16,3)11-9-17(15)19/h9,13-16H,4-8,10-12H2,1-3H3/t13-,14-,15+,16+,19+,20+/m1/s1. The molecular weight excluding hydrogens is 256 g/mol. The molecule has 4 aliphatic rings. The normalized spacial score (nSPS) is 52.7. The summed E-state index contributed by atoms with van der Waals surface area (Å²) in [6, 6.07) is 0. The van der Waals surface area contributed by atoms with Crippen LogP contribution in [0.1, 0.15) is 72.1 Å². The highest BCUT2D eigenvalue weighted by Gasteiger charge is 2.56. The van der Waals surface area contributed by atoms with Crippen molar-refractivity contribution in [2.75, 3.05) is 0 Å². The third-order valence-electron chi connectivity index (χ3n) is 8.00. The number of fused-ring (bicyclic) bond motifs is 5. The molecule has 0 heterocycles. The van der Waals surface area contributed by atoms with Crippen molar-refractivity contribution < 1.29 is 4.79 Å². The summed E-state index contributed by atoms with van der Waals surface area (Å²) in [5, 5.41) is 0. The van der Waals surface area contributed by atoms with E-state index in [1.807, 2.05) is 0 Å². The second kappa shape index (κ2) is 4.46. The number of hydrogen-bond acceptors (Lipinski definition) is 1. The van der Waals surface area contributed by atoms with Crippen LogP contribution in [0, 0.1) is 34.5 Å². The first kappa shape index (κ1) is 14.0. The smallest absolute Gasteiger partial charge is 0.139 e. The molecule has 0 aromatic heterocycles. The van der Waals surface area contributed by atoms with E-state index in [0.29, 0.717) is 17.1 Å². The van der Waals surface area contributed by atoms with Crippen LogP contribution in [0.3, 0.4) is 0 Å². The van der Waals surface area contributed by atoms with Crippen LogP contribution in [0.2, 0.25) is 0 Å². The maximum Gasteiger partial charge on any atom is 0.139 e. The summed E-state index contributed by atoms with van der Waals surface area (Å²) in [4.78, 5) is 12.4. The van der Waals surface area contributed by atoms with E-state index in [9.17, 15) is 4.79 Å². The number of allylic oxidation sites excluding steroid dienone is 2. The molecule has 0 saturated heterocycles. The Labute approximate surface area is 129 Å². The van der Waals surface area contributed by atoms with E-state index in [2.05, 4.69) is 26.8 Å². The molecule has 0 aromatic carbocycles. The molecular formula is C20H30O. The lowest BCUT2D eigenvalue weighted by molar-refractivity contribution is -0.127. The molecule has 1 heteroatoms. The van der Waals surface area contributed by atoms with Gasteiger partial charge in [-0.05, 0) is 74.0 Å². The lowest BCUT2D eigenvalue weighted by Crippen LogP contribution is -2.47. The minimum Gasteiger partial charge on any atom is -0.299 e. The van der Waals surface area contributed by atoms with Gasteiger partial charge >= 0.3 is 0 Å². The van der Waals surface area contributed by atoms with E-state index < -0.39 is 0 Å². The third-order valence-corrected chi connectivity index (χ3v) is 8.00. The molecule has 3 fully saturated rings. The molecule has 0 bridgehead atoms. The predicted octanol–water partition coefficient (Wildman–Crippen LogP) is 5.15. The predicted molar refractivity (Wildman–Crippen MR) is 85.9 cm³/mol. The molecule has 3 saturated carbocycles. The van der Waals surface area contributed by atoms with Crippen LogP contribution in [0.5, 0.6) is 0 Å². The SMILES string of the molecule is C[C@@H]1CC[C@]2(C)C3=CC[C@]4(C)C(=O)CC[C@H]4[C@@H]3CC[C@@H]2C1. The van der Waals surface area contributed by atoms with Crippen LogP contribution < -0.4 is 0 Å². The maximum absolute atomic E-state index is 12.4. The third kappa shape index (κ3) is 1.79. The van der Waals surface area contributed by atoms with E-state index in [4.69, 9.17) is 0 Å². The highest BCUT2D eigenvalue weighted by molar-refractivity contribution is 5.87. The molecule has 0 aromatic rings. The molecule has 0 aliphatic heterocycles. The van der Waals surface area contributed by atoms with Crippen molar-refractivity contribution in [1.82, 2.24) is 0 Å². The fourth-order valence-corrected chi connectivity index (χ4v) is 6.52. The van der Waals surface area contributed by atoms with Crippen LogP contribution in [-0.4, -0.2) is 5.78 Å². The molecule has 0 spiro atoms. The zero-order valence-corrected chi connectivity index (χ0v) is 14.0. The van der Waals surface area contributed by atoms with Crippen LogP contribution in [0.25, 0.3) is 0 Å². The highest BCUT2D eigenvalue weighted by Crippen LogP contribution is 2.63. The van der Waals surface area contributed by atoms with Gasteiger partial charge in [0.05, 0.1) is 0 Å². The summed E-state index contributed by atoms with van der Waals surface area (Å²) in [5.74, 6) is 3.76. The Morgan fingerprint density at radius 3 is 2.71 bits per heavy atom. The first-order valence-corrected chi connectivity index (χ1v) is 9.19. The summed E-state index contributed by atoms with van der Waals surface area (Å²) in [6.45, 7) is 7.26. The average molecular weight is 286 g/mol. The average Bonchev–Trinajstić information content (AvgIpc) is 2.76. The number of carbonyl (C=O) groups excluding carboxylic acids is 1. The van der Waals surface area contributed by atoms with E-state index in [1.54, 1.807) is 5.57 Å². The van der Waals surface area contributed by atoms with Crippen molar-refractivity contribution in [2.24, 2.45) is 34.5 Å². The zero-order chi connectivity index (χ0) is 14.8. The zero-order valence-electron chi connectivity index (χ0n) is 14.0. The van der Waals surface area contributed by atoms with Gasteiger partial charge in [-0.3, -0.25) is 4.79 Å². The van der Waals surface area contributed by atoms with E-state index >= 15 is 0 Å². The van der Waals surface area contributed by atoms with Gasteiger partial charge in [0.15, 0.2) is 0 Å². The second-order valence-electron chi connectivity index (χ2n) is 9.03. The Hall–Kier alpha value is -0.590. The van der Waals surface area contributed by atoms with Gasteiger partial charge in [0, 0.05) is 11.8 Å². The van der Waals surface area contributed by atoms with Gasteiger partial charge in [-0.1, -0.05) is 32.4 Å². The van der Waals surface area contributed by atoms with E-state index in [0.717, 1.165) is 37.0 Å². The summed E-state index contributed by atoms with van der Waals surface area (Å²) >= 11 is 0. The van der Waals surface area contributed by atoms with Crippen molar-refractivity contribution in [1.29, 1.82) is 0 Å². The molecule has 0 amide bonds. The minimum absolute atomic E-state index is 0.0146. The largest absolute Gasteiger partial charge is 0.299 e. The summed E-state index contributed by atoms with van der Waals surface area (Å²) in [7, 11) is 0. The number of Topliss-reactive ketones (excluding diaryl/α,β-unsaturated/α-hetero) is 1. The number of rotatable bonds is 0. The van der Waals surface area contributed by atoms with E-state index in [1.165, 1.54) is 32.1 Å². The Morgan fingerprint density at radius 1 is 1.10 bits per heavy atom. The van der Waals surface area contributed by atoms with Gasteiger partial charge in [0.1, 0.15) is 5.78 Å². The van der Waals surface area contributed by atoms with Crippen LogP contribution >= 0.6 is 0 Å². The number of carbonyl (C=O) groups is 1. The van der Waals surface area contributed by atoms with Crippen LogP contribution in [-0.2, 0) is 4.79 Å². The summed E-state index contributed by atoms with van der Waals surface area (Å²) < 4.78 is 0. The van der Waals surface area contributed by atoms with Crippen molar-refractivity contribution in [3.63, 3.8) is 0 Å². The van der Waals surface area contributed by atoms with Crippen molar-refractivity contribution in [3.8, 4) is 0 Å². The molecule has 0 N–H and O–H groups in total. The fourth-order valence-electron chi connectivity index (χ4n) is 6.52. The lowest BCUT2D eigenvalue weighted by Gasteiger charge is -2.56. The highest BCUT2D eigenvalue weighted by atomic mass is 16.1. The second-order valence-corrected chi connectivity index (χ2v) is 9.03. The van der Waals surface area contributed by atoms with Gasteiger partial charge in [0.25, 0.3) is 0 Å². The van der Waals surface area contributed by atoms with E-state index in [-0.39, 0.29) is 5.41 Å². The molecule has 0 unspecified atom stereocenters. The molecule has 0 radical (unpaired) electrons. The van der Waals surface area contributed by atoms with Gasteiger partial charge in [0.2, 0.25) is 0 Å². The Balaban J connectivity index is 1.71. The summed E-state index contributed by atoms with van der Waals surface area (Å²) in [6.07, 6.45) is 12.5. The molecule has 6 atom stereocenters. The minimum atomic E-state index is -0.0146. The molecule has 116 valence electrons. The topological polar surface area (TPSA) is 17.1 Å². The monoisotopic (exact) mass is 286 g/mol. The van der Waals surface area contributed by atoms with Crippen LogP contribution in [0.4, 0.5) is 0 Å². The van der Waals surface area contributed by atoms with Gasteiger partial charge in [-0.25, -0.2) is 0 Å². The summed E-state index contributed by atoms with van der Waals surface area (Å²) in [5.41, 5.74) is 2.23. The first-order valence-electron chi connectivity index (χ1n) is 9.19. The lowest BCUT2D eigenvalue weighted by atomic mass is 9.49. The van der Waals surface area contributed by atoms with Crippen molar-refractivity contribution in [2.45, 2.75) is 72.1 Å². The quantitative estimate of drug-likeness (QED) is 0.562. The molecule has 4 aliphatic carbocycles. The van der Waals surface area contributed by atoms with Crippen molar-refractivity contribution in [3.05, 3.63) is 11.6 Å². The Bertz CT molecular complexity index is 504. The Kier molecular flexibility index (Phi) is 2.98. The van der Waals surface area contributed by atoms with Gasteiger partial charge < -0.3 is 0 Å². The molecule has 4 rings (SSSR count). The first-order chi connectivity index (χ1) is 9.95. The number of hydrogen-bond donors (Lipinski definition) is 0.